The Balaban J connectivity index is 1.83. The van der Waals surface area contributed by atoms with Crippen molar-refractivity contribution in [3.63, 3.8) is 0 Å². The Labute approximate surface area is 141 Å². The number of carbonyl (C=O) groups excluding carboxylic acids is 1. The molecule has 0 aliphatic heterocycles. The second kappa shape index (κ2) is 5.94. The first-order valence-corrected chi connectivity index (χ1v) is 8.03. The van der Waals surface area contributed by atoms with Gasteiger partial charge in [-0.3, -0.25) is 4.79 Å². The van der Waals surface area contributed by atoms with Gasteiger partial charge in [-0.2, -0.15) is 0 Å². The third-order valence-electron chi connectivity index (χ3n) is 3.67. The van der Waals surface area contributed by atoms with Crippen LogP contribution in [0.2, 0.25) is 5.02 Å². The molecule has 2 aromatic rings. The van der Waals surface area contributed by atoms with Crippen LogP contribution in [-0.4, -0.2) is 17.1 Å². The minimum Gasteiger partial charge on any atom is -0.390 e. The van der Waals surface area contributed by atoms with E-state index in [2.05, 4.69) is 27.9 Å². The molecule has 108 valence electrons. The van der Waals surface area contributed by atoms with E-state index in [4.69, 9.17) is 11.6 Å². The number of aliphatic hydroxyl groups excluding tert-OH is 1. The molecule has 0 saturated heterocycles. The predicted molar refractivity (Wildman–Crippen MR) is 90.5 cm³/mol. The first-order chi connectivity index (χ1) is 10.1. The van der Waals surface area contributed by atoms with Crippen LogP contribution < -0.4 is 5.32 Å². The van der Waals surface area contributed by atoms with Gasteiger partial charge in [-0.15, -0.1) is 0 Å². The van der Waals surface area contributed by atoms with Crippen LogP contribution in [0.1, 0.15) is 27.5 Å². The molecule has 2 aromatic carbocycles. The average Bonchev–Trinajstić information content (AvgIpc) is 2.78. The Morgan fingerprint density at radius 3 is 2.81 bits per heavy atom. The summed E-state index contributed by atoms with van der Waals surface area (Å²) in [7, 11) is 0. The lowest BCUT2D eigenvalue weighted by Gasteiger charge is -2.18. The molecular formula is C16H13ClINO2. The molecule has 0 heterocycles. The van der Waals surface area contributed by atoms with Crippen molar-refractivity contribution >= 4 is 40.1 Å². The van der Waals surface area contributed by atoms with Crippen LogP contribution in [0.5, 0.6) is 0 Å². The number of fused-ring (bicyclic) bond motifs is 1. The van der Waals surface area contributed by atoms with Gasteiger partial charge < -0.3 is 10.4 Å². The van der Waals surface area contributed by atoms with E-state index >= 15 is 0 Å². The number of rotatable bonds is 2. The molecule has 0 bridgehead atoms. The Morgan fingerprint density at radius 2 is 2.05 bits per heavy atom. The van der Waals surface area contributed by atoms with Crippen molar-refractivity contribution in [1.82, 2.24) is 5.32 Å². The Bertz CT molecular complexity index is 704. The van der Waals surface area contributed by atoms with E-state index < -0.39 is 6.10 Å². The zero-order valence-electron chi connectivity index (χ0n) is 11.0. The fraction of sp³-hybridized carbons (Fsp3) is 0.188. The maximum absolute atomic E-state index is 12.3. The Hall–Kier alpha value is -1.11. The van der Waals surface area contributed by atoms with Gasteiger partial charge in [0, 0.05) is 15.6 Å². The van der Waals surface area contributed by atoms with Crippen LogP contribution in [0, 0.1) is 3.57 Å². The number of halogens is 2. The summed E-state index contributed by atoms with van der Waals surface area (Å²) in [6, 6.07) is 12.6. The van der Waals surface area contributed by atoms with Gasteiger partial charge in [0.1, 0.15) is 0 Å². The molecule has 3 nitrogen and oxygen atoms in total. The standard InChI is InChI=1S/C16H13ClINO2/c17-12-7-10(5-6-13(12)18)16(21)19-15-11-4-2-1-3-9(11)8-14(15)20/h1-7,14-15,20H,8H2,(H,19,21)/t14-,15+/m1/s1. The number of nitrogens with one attached hydrogen (secondary N) is 1. The molecule has 1 aliphatic carbocycles. The maximum atomic E-state index is 12.3. The monoisotopic (exact) mass is 413 g/mol. The molecule has 0 saturated carbocycles. The lowest BCUT2D eigenvalue weighted by Crippen LogP contribution is -2.33. The summed E-state index contributed by atoms with van der Waals surface area (Å²) >= 11 is 8.16. The highest BCUT2D eigenvalue weighted by atomic mass is 127. The average molecular weight is 414 g/mol. The van der Waals surface area contributed by atoms with E-state index in [0.29, 0.717) is 17.0 Å². The van der Waals surface area contributed by atoms with Gasteiger partial charge in [-0.05, 0) is 51.9 Å². The number of hydrogen-bond acceptors (Lipinski definition) is 2. The smallest absolute Gasteiger partial charge is 0.251 e. The number of amides is 1. The van der Waals surface area contributed by atoms with Crippen molar-refractivity contribution in [1.29, 1.82) is 0 Å². The van der Waals surface area contributed by atoms with E-state index in [1.54, 1.807) is 18.2 Å². The molecule has 0 radical (unpaired) electrons. The van der Waals surface area contributed by atoms with E-state index in [1.165, 1.54) is 0 Å². The van der Waals surface area contributed by atoms with Crippen LogP contribution in [0.4, 0.5) is 0 Å². The topological polar surface area (TPSA) is 49.3 Å². The minimum absolute atomic E-state index is 0.228. The molecule has 2 N–H and O–H groups in total. The summed E-state index contributed by atoms with van der Waals surface area (Å²) in [5, 5.41) is 13.6. The van der Waals surface area contributed by atoms with Gasteiger partial charge >= 0.3 is 0 Å². The van der Waals surface area contributed by atoms with Crippen LogP contribution >= 0.6 is 34.2 Å². The summed E-state index contributed by atoms with van der Waals surface area (Å²) in [5.74, 6) is -0.228. The van der Waals surface area contributed by atoms with Crippen molar-refractivity contribution < 1.29 is 9.90 Å². The molecule has 0 spiro atoms. The number of aliphatic hydroxyl groups is 1. The fourth-order valence-corrected chi connectivity index (χ4v) is 3.13. The van der Waals surface area contributed by atoms with Crippen molar-refractivity contribution in [2.24, 2.45) is 0 Å². The van der Waals surface area contributed by atoms with Crippen molar-refractivity contribution in [3.05, 3.63) is 67.7 Å². The van der Waals surface area contributed by atoms with E-state index in [9.17, 15) is 9.90 Å². The molecule has 0 fully saturated rings. The lowest BCUT2D eigenvalue weighted by molar-refractivity contribution is 0.0858. The molecule has 5 heteroatoms. The van der Waals surface area contributed by atoms with Gasteiger partial charge in [0.2, 0.25) is 0 Å². The van der Waals surface area contributed by atoms with Crippen LogP contribution in [0.3, 0.4) is 0 Å². The highest BCUT2D eigenvalue weighted by Gasteiger charge is 2.32. The van der Waals surface area contributed by atoms with Gasteiger partial charge in [0.25, 0.3) is 5.91 Å². The van der Waals surface area contributed by atoms with Crippen LogP contribution in [-0.2, 0) is 6.42 Å². The number of hydrogen-bond donors (Lipinski definition) is 2. The van der Waals surface area contributed by atoms with Crippen LogP contribution in [0.15, 0.2) is 42.5 Å². The number of carbonyl (C=O) groups is 1. The Kier molecular flexibility index (Phi) is 4.19. The third-order valence-corrected chi connectivity index (χ3v) is 5.24. The van der Waals surface area contributed by atoms with Gasteiger partial charge in [-0.25, -0.2) is 0 Å². The molecule has 1 amide bonds. The third kappa shape index (κ3) is 2.93. The highest BCUT2D eigenvalue weighted by Crippen LogP contribution is 2.31. The zero-order chi connectivity index (χ0) is 15.0. The van der Waals surface area contributed by atoms with Crippen molar-refractivity contribution in [2.45, 2.75) is 18.6 Å². The van der Waals surface area contributed by atoms with Gasteiger partial charge in [-0.1, -0.05) is 35.9 Å². The summed E-state index contributed by atoms with van der Waals surface area (Å²) in [4.78, 5) is 12.3. The Morgan fingerprint density at radius 1 is 1.29 bits per heavy atom. The molecule has 1 aliphatic rings. The maximum Gasteiger partial charge on any atom is 0.251 e. The normalized spacial score (nSPS) is 20.1. The quantitative estimate of drug-likeness (QED) is 0.742. The predicted octanol–water partition coefficient (Wildman–Crippen LogP) is 3.33. The molecular weight excluding hydrogens is 401 g/mol. The largest absolute Gasteiger partial charge is 0.390 e. The second-order valence-corrected chi connectivity index (χ2v) is 6.62. The van der Waals surface area contributed by atoms with Gasteiger partial charge in [0.05, 0.1) is 17.2 Å². The first-order valence-electron chi connectivity index (χ1n) is 6.58. The first kappa shape index (κ1) is 14.8. The van der Waals surface area contributed by atoms with E-state index in [1.807, 2.05) is 24.3 Å². The summed E-state index contributed by atoms with van der Waals surface area (Å²) in [6.45, 7) is 0. The zero-order valence-corrected chi connectivity index (χ0v) is 13.9. The molecule has 2 atom stereocenters. The lowest BCUT2D eigenvalue weighted by atomic mass is 10.1. The fourth-order valence-electron chi connectivity index (χ4n) is 2.61. The van der Waals surface area contributed by atoms with E-state index in [0.717, 1.165) is 14.7 Å². The highest BCUT2D eigenvalue weighted by molar-refractivity contribution is 14.1. The molecule has 0 aromatic heterocycles. The van der Waals surface area contributed by atoms with Crippen LogP contribution in [0.25, 0.3) is 0 Å². The molecule has 3 rings (SSSR count). The van der Waals surface area contributed by atoms with Gasteiger partial charge in [0.15, 0.2) is 0 Å². The summed E-state index contributed by atoms with van der Waals surface area (Å²) in [6.07, 6.45) is -0.0279. The van der Waals surface area contributed by atoms with Crippen molar-refractivity contribution in [2.75, 3.05) is 0 Å². The number of benzene rings is 2. The minimum atomic E-state index is -0.592. The molecule has 0 unspecified atom stereocenters. The molecule has 21 heavy (non-hydrogen) atoms. The van der Waals surface area contributed by atoms with E-state index in [-0.39, 0.29) is 11.9 Å². The SMILES string of the molecule is O=C(N[C@H]1c2ccccc2C[C@H]1O)c1ccc(I)c(Cl)c1. The summed E-state index contributed by atoms with van der Waals surface area (Å²) in [5.41, 5.74) is 2.56. The van der Waals surface area contributed by atoms with Crippen molar-refractivity contribution in [3.8, 4) is 0 Å². The summed E-state index contributed by atoms with van der Waals surface area (Å²) < 4.78 is 0.900. The second-order valence-electron chi connectivity index (χ2n) is 5.05.